The Morgan fingerprint density at radius 2 is 1.92 bits per heavy atom. The van der Waals surface area contributed by atoms with Crippen molar-refractivity contribution in [3.63, 3.8) is 0 Å². The molecule has 0 saturated carbocycles. The maximum atomic E-state index is 3.47. The maximum Gasteiger partial charge on any atom is 0.00582 e. The van der Waals surface area contributed by atoms with Crippen molar-refractivity contribution in [1.29, 1.82) is 0 Å². The third kappa shape index (κ3) is 12.3. The van der Waals surface area contributed by atoms with Gasteiger partial charge in [0.15, 0.2) is 0 Å². The van der Waals surface area contributed by atoms with Crippen molar-refractivity contribution in [1.82, 2.24) is 5.32 Å². The molecule has 1 N–H and O–H groups in total. The van der Waals surface area contributed by atoms with E-state index in [0.29, 0.717) is 0 Å². The van der Waals surface area contributed by atoms with Crippen molar-refractivity contribution in [3.05, 3.63) is 0 Å². The van der Waals surface area contributed by atoms with Gasteiger partial charge < -0.3 is 5.32 Å². The lowest BCUT2D eigenvalue weighted by atomic mass is 10.2. The Labute approximate surface area is 88.1 Å². The van der Waals surface area contributed by atoms with Crippen LogP contribution in [0, 0.1) is 5.92 Å². The highest BCUT2D eigenvalue weighted by Gasteiger charge is 1.93. The smallest absolute Gasteiger partial charge is 0.00582 e. The van der Waals surface area contributed by atoms with Gasteiger partial charge in [0.05, 0.1) is 0 Å². The van der Waals surface area contributed by atoms with Gasteiger partial charge in [-0.2, -0.15) is 11.8 Å². The molecular weight excluding hydrogens is 178 g/mol. The van der Waals surface area contributed by atoms with E-state index in [-0.39, 0.29) is 0 Å². The van der Waals surface area contributed by atoms with Gasteiger partial charge in [0, 0.05) is 12.3 Å². The topological polar surface area (TPSA) is 12.0 Å². The predicted molar refractivity (Wildman–Crippen MR) is 64.6 cm³/mol. The second-order valence-electron chi connectivity index (χ2n) is 3.93. The summed E-state index contributed by atoms with van der Waals surface area (Å²) in [5.41, 5.74) is 0. The lowest BCUT2D eigenvalue weighted by Crippen LogP contribution is -2.18. The minimum absolute atomic E-state index is 0.838. The van der Waals surface area contributed by atoms with E-state index in [0.717, 1.165) is 5.92 Å². The van der Waals surface area contributed by atoms with E-state index in [9.17, 15) is 0 Å². The fourth-order valence-corrected chi connectivity index (χ4v) is 2.02. The molecule has 0 aliphatic rings. The quantitative estimate of drug-likeness (QED) is 0.578. The normalized spacial score (nSPS) is 11.1. The summed E-state index contributed by atoms with van der Waals surface area (Å²) in [4.78, 5) is 0. The number of hydrogen-bond acceptors (Lipinski definition) is 2. The van der Waals surface area contributed by atoms with Crippen LogP contribution in [0.15, 0.2) is 0 Å². The first-order chi connectivity index (χ1) is 6.27. The van der Waals surface area contributed by atoms with E-state index in [4.69, 9.17) is 0 Å². The van der Waals surface area contributed by atoms with Crippen LogP contribution in [-0.4, -0.2) is 24.6 Å². The van der Waals surface area contributed by atoms with Gasteiger partial charge in [0.25, 0.3) is 0 Å². The van der Waals surface area contributed by atoms with Gasteiger partial charge in [0.2, 0.25) is 0 Å². The predicted octanol–water partition coefficient (Wildman–Crippen LogP) is 3.16. The average Bonchev–Trinajstić information content (AvgIpc) is 2.09. The maximum absolute atomic E-state index is 3.47. The lowest BCUT2D eigenvalue weighted by molar-refractivity contribution is 0.635. The molecule has 80 valence electrons. The Balaban J connectivity index is 2.84. The van der Waals surface area contributed by atoms with Crippen LogP contribution in [-0.2, 0) is 0 Å². The van der Waals surface area contributed by atoms with E-state index in [1.165, 1.54) is 43.9 Å². The molecule has 2 heteroatoms. The second-order valence-corrected chi connectivity index (χ2v) is 5.08. The Morgan fingerprint density at radius 1 is 1.15 bits per heavy atom. The van der Waals surface area contributed by atoms with Crippen LogP contribution in [0.25, 0.3) is 0 Å². The molecule has 0 radical (unpaired) electrons. The van der Waals surface area contributed by atoms with Crippen LogP contribution < -0.4 is 5.32 Å². The van der Waals surface area contributed by atoms with Gasteiger partial charge >= 0.3 is 0 Å². The molecule has 0 amide bonds. The molecule has 0 bridgehead atoms. The van der Waals surface area contributed by atoms with Crippen LogP contribution >= 0.6 is 11.8 Å². The van der Waals surface area contributed by atoms with Gasteiger partial charge in [-0.3, -0.25) is 0 Å². The van der Waals surface area contributed by atoms with Crippen molar-refractivity contribution in [3.8, 4) is 0 Å². The summed E-state index contributed by atoms with van der Waals surface area (Å²) in [6.45, 7) is 9.19. The summed E-state index contributed by atoms with van der Waals surface area (Å²) in [5.74, 6) is 3.41. The molecule has 13 heavy (non-hydrogen) atoms. The Bertz CT molecular complexity index is 94.1. The molecule has 0 aromatic rings. The minimum atomic E-state index is 0.838. The number of nitrogens with one attached hydrogen (secondary N) is 1. The number of hydrogen-bond donors (Lipinski definition) is 1. The molecule has 0 fully saturated rings. The Morgan fingerprint density at radius 3 is 2.54 bits per heavy atom. The van der Waals surface area contributed by atoms with Crippen molar-refractivity contribution in [2.24, 2.45) is 5.92 Å². The third-order valence-corrected chi connectivity index (χ3v) is 3.23. The summed E-state index contributed by atoms with van der Waals surface area (Å²) < 4.78 is 0. The van der Waals surface area contributed by atoms with E-state index >= 15 is 0 Å². The molecule has 0 aromatic carbocycles. The molecular formula is C11H25NS. The second kappa shape index (κ2) is 10.4. The van der Waals surface area contributed by atoms with Crippen LogP contribution in [0.2, 0.25) is 0 Å². The minimum Gasteiger partial charge on any atom is -0.316 e. The summed E-state index contributed by atoms with van der Waals surface area (Å²) >= 11 is 2.06. The van der Waals surface area contributed by atoms with Crippen LogP contribution in [0.1, 0.15) is 40.0 Å². The molecule has 0 spiro atoms. The SMILES string of the molecule is CCCCCNCCSCC(C)C. The summed E-state index contributed by atoms with van der Waals surface area (Å²) in [6.07, 6.45) is 4.03. The Hall–Kier alpha value is 0.310. The average molecular weight is 203 g/mol. The van der Waals surface area contributed by atoms with E-state index < -0.39 is 0 Å². The fraction of sp³-hybridized carbons (Fsp3) is 1.00. The standard InChI is InChI=1S/C11H25NS/c1-4-5-6-7-12-8-9-13-10-11(2)3/h11-12H,4-10H2,1-3H3. The zero-order valence-electron chi connectivity index (χ0n) is 9.44. The molecule has 0 heterocycles. The number of rotatable bonds is 9. The van der Waals surface area contributed by atoms with Gasteiger partial charge in [-0.15, -0.1) is 0 Å². The summed E-state index contributed by atoms with van der Waals surface area (Å²) in [5, 5.41) is 3.47. The first-order valence-corrected chi connectivity index (χ1v) is 6.71. The zero-order valence-corrected chi connectivity index (χ0v) is 10.3. The monoisotopic (exact) mass is 203 g/mol. The third-order valence-electron chi connectivity index (χ3n) is 1.83. The van der Waals surface area contributed by atoms with E-state index in [2.05, 4.69) is 37.8 Å². The van der Waals surface area contributed by atoms with Crippen molar-refractivity contribution < 1.29 is 0 Å². The van der Waals surface area contributed by atoms with Crippen LogP contribution in [0.5, 0.6) is 0 Å². The molecule has 0 atom stereocenters. The first-order valence-electron chi connectivity index (χ1n) is 5.55. The molecule has 0 aromatic heterocycles. The molecule has 0 unspecified atom stereocenters. The van der Waals surface area contributed by atoms with Crippen LogP contribution in [0.4, 0.5) is 0 Å². The van der Waals surface area contributed by atoms with Crippen molar-refractivity contribution in [2.45, 2.75) is 40.0 Å². The van der Waals surface area contributed by atoms with E-state index in [1.807, 2.05) is 0 Å². The highest BCUT2D eigenvalue weighted by Crippen LogP contribution is 2.05. The fourth-order valence-electron chi connectivity index (χ4n) is 1.09. The largest absolute Gasteiger partial charge is 0.316 e. The molecule has 0 aliphatic carbocycles. The Kier molecular flexibility index (Phi) is 10.6. The number of unbranched alkanes of at least 4 members (excludes halogenated alkanes) is 2. The zero-order chi connectivity index (χ0) is 9.94. The van der Waals surface area contributed by atoms with Gasteiger partial charge in [0.1, 0.15) is 0 Å². The van der Waals surface area contributed by atoms with Crippen molar-refractivity contribution in [2.75, 3.05) is 24.6 Å². The lowest BCUT2D eigenvalue weighted by Gasteiger charge is -2.05. The number of thioether (sulfide) groups is 1. The molecule has 1 nitrogen and oxygen atoms in total. The van der Waals surface area contributed by atoms with E-state index in [1.54, 1.807) is 0 Å². The molecule has 0 aliphatic heterocycles. The highest BCUT2D eigenvalue weighted by molar-refractivity contribution is 7.99. The van der Waals surface area contributed by atoms with Gasteiger partial charge in [-0.25, -0.2) is 0 Å². The molecule has 0 saturated heterocycles. The first kappa shape index (κ1) is 13.3. The summed E-state index contributed by atoms with van der Waals surface area (Å²) in [6, 6.07) is 0. The van der Waals surface area contributed by atoms with Gasteiger partial charge in [-0.1, -0.05) is 33.6 Å². The van der Waals surface area contributed by atoms with Crippen molar-refractivity contribution >= 4 is 11.8 Å². The molecule has 0 rings (SSSR count). The van der Waals surface area contributed by atoms with Gasteiger partial charge in [-0.05, 0) is 24.6 Å². The highest BCUT2D eigenvalue weighted by atomic mass is 32.2. The summed E-state index contributed by atoms with van der Waals surface area (Å²) in [7, 11) is 0. The van der Waals surface area contributed by atoms with Crippen LogP contribution in [0.3, 0.4) is 0 Å².